The van der Waals surface area contributed by atoms with Gasteiger partial charge in [-0.05, 0) is 30.9 Å². The van der Waals surface area contributed by atoms with Crippen molar-refractivity contribution in [1.29, 1.82) is 0 Å². The van der Waals surface area contributed by atoms with Crippen LogP contribution < -0.4 is 5.73 Å². The third kappa shape index (κ3) is 1.79. The predicted molar refractivity (Wildman–Crippen MR) is 65.1 cm³/mol. The van der Waals surface area contributed by atoms with Crippen LogP contribution in [-0.2, 0) is 6.42 Å². The van der Waals surface area contributed by atoms with Gasteiger partial charge in [0.05, 0.1) is 5.52 Å². The van der Waals surface area contributed by atoms with E-state index in [2.05, 4.69) is 9.97 Å². The van der Waals surface area contributed by atoms with Crippen LogP contribution in [0.25, 0.3) is 11.0 Å². The first-order chi connectivity index (χ1) is 8.62. The summed E-state index contributed by atoms with van der Waals surface area (Å²) in [7, 11) is 0. The standard InChI is InChI=1S/C13H15F2N3/c14-8-4-9(15)12-10(5-8)17-11(18-12)6-13(7-16)2-1-3-13/h4-5H,1-3,6-7,16H2,(H,17,18). The molecule has 0 amide bonds. The van der Waals surface area contributed by atoms with Crippen LogP contribution in [-0.4, -0.2) is 16.5 Å². The largest absolute Gasteiger partial charge is 0.342 e. The number of imidazole rings is 1. The Balaban J connectivity index is 1.96. The molecule has 1 fully saturated rings. The molecule has 1 aromatic heterocycles. The first-order valence-corrected chi connectivity index (χ1v) is 6.16. The highest BCUT2D eigenvalue weighted by molar-refractivity contribution is 5.75. The number of benzene rings is 1. The van der Waals surface area contributed by atoms with E-state index >= 15 is 0 Å². The molecule has 5 heteroatoms. The molecule has 96 valence electrons. The molecule has 0 aliphatic heterocycles. The van der Waals surface area contributed by atoms with Crippen molar-refractivity contribution >= 4 is 11.0 Å². The quantitative estimate of drug-likeness (QED) is 0.880. The lowest BCUT2D eigenvalue weighted by Gasteiger charge is -2.40. The summed E-state index contributed by atoms with van der Waals surface area (Å²) in [6.07, 6.45) is 4.05. The molecule has 0 atom stereocenters. The van der Waals surface area contributed by atoms with Crippen molar-refractivity contribution in [3.63, 3.8) is 0 Å². The van der Waals surface area contributed by atoms with Gasteiger partial charge >= 0.3 is 0 Å². The van der Waals surface area contributed by atoms with E-state index in [1.165, 1.54) is 12.5 Å². The maximum absolute atomic E-state index is 13.5. The van der Waals surface area contributed by atoms with E-state index in [1.54, 1.807) is 0 Å². The number of nitrogens with one attached hydrogen (secondary N) is 1. The van der Waals surface area contributed by atoms with E-state index in [1.807, 2.05) is 0 Å². The van der Waals surface area contributed by atoms with Crippen LogP contribution in [0.1, 0.15) is 25.1 Å². The van der Waals surface area contributed by atoms with Crippen molar-refractivity contribution in [3.05, 3.63) is 29.6 Å². The van der Waals surface area contributed by atoms with Gasteiger partial charge in [0.1, 0.15) is 17.2 Å². The molecule has 3 N–H and O–H groups in total. The first-order valence-electron chi connectivity index (χ1n) is 6.16. The fraction of sp³-hybridized carbons (Fsp3) is 0.462. The van der Waals surface area contributed by atoms with Gasteiger partial charge in [-0.25, -0.2) is 13.8 Å². The Hall–Kier alpha value is -1.49. The molecular formula is C13H15F2N3. The summed E-state index contributed by atoms with van der Waals surface area (Å²) >= 11 is 0. The number of hydrogen-bond donors (Lipinski definition) is 2. The topological polar surface area (TPSA) is 54.7 Å². The highest BCUT2D eigenvalue weighted by Crippen LogP contribution is 2.42. The number of nitrogens with two attached hydrogens (primary N) is 1. The number of hydrogen-bond acceptors (Lipinski definition) is 2. The molecule has 0 spiro atoms. The molecule has 2 aromatic rings. The van der Waals surface area contributed by atoms with Gasteiger partial charge in [0.25, 0.3) is 0 Å². The highest BCUT2D eigenvalue weighted by atomic mass is 19.1. The maximum atomic E-state index is 13.5. The van der Waals surface area contributed by atoms with Gasteiger partial charge < -0.3 is 10.7 Å². The summed E-state index contributed by atoms with van der Waals surface area (Å²) in [5.41, 5.74) is 6.51. The summed E-state index contributed by atoms with van der Waals surface area (Å²) < 4.78 is 26.6. The molecule has 0 radical (unpaired) electrons. The highest BCUT2D eigenvalue weighted by Gasteiger charge is 2.36. The van der Waals surface area contributed by atoms with E-state index in [9.17, 15) is 8.78 Å². The zero-order chi connectivity index (χ0) is 12.8. The van der Waals surface area contributed by atoms with Gasteiger partial charge in [-0.2, -0.15) is 0 Å². The molecule has 3 rings (SSSR count). The second kappa shape index (κ2) is 4.02. The zero-order valence-corrected chi connectivity index (χ0v) is 9.97. The molecule has 1 aliphatic rings. The van der Waals surface area contributed by atoms with E-state index in [-0.39, 0.29) is 10.9 Å². The fourth-order valence-electron chi connectivity index (χ4n) is 2.66. The van der Waals surface area contributed by atoms with Gasteiger partial charge in [-0.15, -0.1) is 0 Å². The van der Waals surface area contributed by atoms with Crippen molar-refractivity contribution in [2.45, 2.75) is 25.7 Å². The van der Waals surface area contributed by atoms with Crippen LogP contribution in [0, 0.1) is 17.0 Å². The first kappa shape index (κ1) is 11.6. The van der Waals surface area contributed by atoms with Gasteiger partial charge in [0.2, 0.25) is 0 Å². The molecule has 0 saturated heterocycles. The van der Waals surface area contributed by atoms with Gasteiger partial charge in [-0.3, -0.25) is 0 Å². The number of H-pyrrole nitrogens is 1. The van der Waals surface area contributed by atoms with E-state index in [0.29, 0.717) is 24.3 Å². The molecule has 0 bridgehead atoms. The van der Waals surface area contributed by atoms with Crippen molar-refractivity contribution in [2.24, 2.45) is 11.1 Å². The second-order valence-electron chi connectivity index (χ2n) is 5.20. The van der Waals surface area contributed by atoms with Crippen molar-refractivity contribution < 1.29 is 8.78 Å². The summed E-state index contributed by atoms with van der Waals surface area (Å²) in [6.45, 7) is 0.612. The summed E-state index contributed by atoms with van der Waals surface area (Å²) in [5.74, 6) is -0.519. The SMILES string of the molecule is NCC1(Cc2nc3c(F)cc(F)cc3[nH]2)CCC1. The smallest absolute Gasteiger partial charge is 0.153 e. The molecule has 0 unspecified atom stereocenters. The third-order valence-corrected chi connectivity index (χ3v) is 3.94. The van der Waals surface area contributed by atoms with Crippen LogP contribution in [0.5, 0.6) is 0 Å². The second-order valence-corrected chi connectivity index (χ2v) is 5.20. The lowest BCUT2D eigenvalue weighted by atomic mass is 9.66. The van der Waals surface area contributed by atoms with E-state index in [4.69, 9.17) is 5.73 Å². The summed E-state index contributed by atoms with van der Waals surface area (Å²) in [6, 6.07) is 2.12. The Morgan fingerprint density at radius 1 is 1.33 bits per heavy atom. The van der Waals surface area contributed by atoms with Crippen LogP contribution in [0.15, 0.2) is 12.1 Å². The number of rotatable bonds is 3. The monoisotopic (exact) mass is 251 g/mol. The van der Waals surface area contributed by atoms with Gasteiger partial charge in [0, 0.05) is 12.5 Å². The Kier molecular flexibility index (Phi) is 2.59. The number of fused-ring (bicyclic) bond motifs is 1. The van der Waals surface area contributed by atoms with Crippen LogP contribution >= 0.6 is 0 Å². The number of aromatic nitrogens is 2. The van der Waals surface area contributed by atoms with Crippen LogP contribution in [0.2, 0.25) is 0 Å². The fourth-order valence-corrected chi connectivity index (χ4v) is 2.66. The number of aromatic amines is 1. The minimum absolute atomic E-state index is 0.100. The molecule has 1 saturated carbocycles. The summed E-state index contributed by atoms with van der Waals surface area (Å²) in [4.78, 5) is 7.20. The van der Waals surface area contributed by atoms with Crippen molar-refractivity contribution in [3.8, 4) is 0 Å². The Morgan fingerprint density at radius 2 is 2.11 bits per heavy atom. The Bertz CT molecular complexity index is 582. The third-order valence-electron chi connectivity index (χ3n) is 3.94. The van der Waals surface area contributed by atoms with Crippen LogP contribution in [0.4, 0.5) is 8.78 Å². The Morgan fingerprint density at radius 3 is 2.72 bits per heavy atom. The zero-order valence-electron chi connectivity index (χ0n) is 9.97. The molecule has 3 nitrogen and oxygen atoms in total. The molecule has 1 aromatic carbocycles. The lowest BCUT2D eigenvalue weighted by Crippen LogP contribution is -2.39. The number of halogens is 2. The van der Waals surface area contributed by atoms with Crippen molar-refractivity contribution in [2.75, 3.05) is 6.54 Å². The van der Waals surface area contributed by atoms with Gasteiger partial charge in [-0.1, -0.05) is 6.42 Å². The van der Waals surface area contributed by atoms with E-state index < -0.39 is 11.6 Å². The lowest BCUT2D eigenvalue weighted by molar-refractivity contribution is 0.142. The average Bonchev–Trinajstić information content (AvgIpc) is 2.66. The number of nitrogens with zero attached hydrogens (tertiary/aromatic N) is 1. The van der Waals surface area contributed by atoms with E-state index in [0.717, 1.165) is 18.9 Å². The minimum Gasteiger partial charge on any atom is -0.342 e. The maximum Gasteiger partial charge on any atom is 0.153 e. The Labute approximate surface area is 103 Å². The molecule has 1 heterocycles. The minimum atomic E-state index is -0.622. The molecular weight excluding hydrogens is 236 g/mol. The van der Waals surface area contributed by atoms with Gasteiger partial charge in [0.15, 0.2) is 5.82 Å². The van der Waals surface area contributed by atoms with Crippen molar-refractivity contribution in [1.82, 2.24) is 9.97 Å². The normalized spacial score (nSPS) is 17.9. The predicted octanol–water partition coefficient (Wildman–Crippen LogP) is 2.51. The van der Waals surface area contributed by atoms with Crippen LogP contribution in [0.3, 0.4) is 0 Å². The molecule has 1 aliphatic carbocycles. The summed E-state index contributed by atoms with van der Waals surface area (Å²) in [5, 5.41) is 0. The average molecular weight is 251 g/mol. The molecule has 18 heavy (non-hydrogen) atoms.